The van der Waals surface area contributed by atoms with Crippen molar-refractivity contribution in [3.05, 3.63) is 0 Å². The number of carbonyl (C=O) groups is 3. The number of halogens is 1. The number of urea groups is 1. The number of likely N-dealkylation sites (tertiary alicyclic amines) is 1. The topological polar surface area (TPSA) is 78.5 Å². The molecule has 2 fully saturated rings. The molecule has 0 aromatic carbocycles. The number of piperidine rings is 1. The first-order valence-corrected chi connectivity index (χ1v) is 6.48. The van der Waals surface area contributed by atoms with Crippen LogP contribution in [0.1, 0.15) is 32.6 Å². The molecule has 2 saturated heterocycles. The standard InChI is InChI=1S/C12H19N3O3.ClH/c1-2-12(8-15-6-4-3-5-7-15)9(16)13-11(18)14-10(12)17;/h2-8H2,1H3,(H2,13,14,16,17,18);1H. The van der Waals surface area contributed by atoms with E-state index in [9.17, 15) is 14.4 Å². The van der Waals surface area contributed by atoms with Crippen LogP contribution in [0.3, 0.4) is 0 Å². The van der Waals surface area contributed by atoms with Crippen molar-refractivity contribution in [1.82, 2.24) is 15.5 Å². The molecule has 0 saturated carbocycles. The van der Waals surface area contributed by atoms with Crippen LogP contribution in [-0.4, -0.2) is 42.4 Å². The summed E-state index contributed by atoms with van der Waals surface area (Å²) >= 11 is 0. The minimum absolute atomic E-state index is 0. The Hall–Kier alpha value is -1.14. The Kier molecular flexibility index (Phi) is 5.31. The van der Waals surface area contributed by atoms with E-state index in [0.29, 0.717) is 13.0 Å². The monoisotopic (exact) mass is 289 g/mol. The first kappa shape index (κ1) is 15.9. The Balaban J connectivity index is 0.00000180. The van der Waals surface area contributed by atoms with E-state index in [-0.39, 0.29) is 12.4 Å². The van der Waals surface area contributed by atoms with Gasteiger partial charge >= 0.3 is 6.03 Å². The molecule has 2 rings (SSSR count). The van der Waals surface area contributed by atoms with Gasteiger partial charge in [0.2, 0.25) is 11.8 Å². The highest BCUT2D eigenvalue weighted by Crippen LogP contribution is 2.27. The van der Waals surface area contributed by atoms with Crippen molar-refractivity contribution in [3.63, 3.8) is 0 Å². The van der Waals surface area contributed by atoms with E-state index in [1.54, 1.807) is 6.92 Å². The molecule has 19 heavy (non-hydrogen) atoms. The SMILES string of the molecule is CCC1(CN2CCCCC2)C(=O)NC(=O)NC1=O.Cl. The Labute approximate surface area is 118 Å². The zero-order valence-corrected chi connectivity index (χ0v) is 11.8. The molecule has 0 unspecified atom stereocenters. The quantitative estimate of drug-likeness (QED) is 0.748. The number of barbiturate groups is 1. The van der Waals surface area contributed by atoms with Crippen LogP contribution in [0.2, 0.25) is 0 Å². The van der Waals surface area contributed by atoms with Gasteiger partial charge in [-0.3, -0.25) is 20.2 Å². The number of hydrogen-bond donors (Lipinski definition) is 2. The van der Waals surface area contributed by atoms with Gasteiger partial charge in [-0.2, -0.15) is 0 Å². The van der Waals surface area contributed by atoms with Crippen LogP contribution in [0.5, 0.6) is 0 Å². The summed E-state index contributed by atoms with van der Waals surface area (Å²) in [5.74, 6) is -0.936. The highest BCUT2D eigenvalue weighted by molar-refractivity contribution is 6.19. The van der Waals surface area contributed by atoms with Crippen LogP contribution in [0.4, 0.5) is 4.79 Å². The molecule has 4 amide bonds. The van der Waals surface area contributed by atoms with Gasteiger partial charge in [-0.15, -0.1) is 12.4 Å². The number of nitrogens with one attached hydrogen (secondary N) is 2. The average Bonchev–Trinajstić information content (AvgIpc) is 2.35. The summed E-state index contributed by atoms with van der Waals surface area (Å²) in [7, 11) is 0. The smallest absolute Gasteiger partial charge is 0.302 e. The lowest BCUT2D eigenvalue weighted by Crippen LogP contribution is -2.65. The number of hydrogen-bond acceptors (Lipinski definition) is 4. The van der Waals surface area contributed by atoms with E-state index >= 15 is 0 Å². The Morgan fingerprint density at radius 1 is 1.05 bits per heavy atom. The Morgan fingerprint density at radius 3 is 2.05 bits per heavy atom. The summed E-state index contributed by atoms with van der Waals surface area (Å²) in [4.78, 5) is 37.3. The van der Waals surface area contributed by atoms with E-state index in [0.717, 1.165) is 25.9 Å². The van der Waals surface area contributed by atoms with Crippen LogP contribution >= 0.6 is 12.4 Å². The highest BCUT2D eigenvalue weighted by Gasteiger charge is 2.49. The van der Waals surface area contributed by atoms with E-state index in [4.69, 9.17) is 0 Å². The van der Waals surface area contributed by atoms with Crippen molar-refractivity contribution in [1.29, 1.82) is 0 Å². The zero-order chi connectivity index (χ0) is 13.2. The first-order chi connectivity index (χ1) is 8.58. The third kappa shape index (κ3) is 3.06. The number of rotatable bonds is 3. The maximum absolute atomic E-state index is 12.0. The predicted molar refractivity (Wildman–Crippen MR) is 71.9 cm³/mol. The van der Waals surface area contributed by atoms with Gasteiger partial charge in [0.25, 0.3) is 0 Å². The van der Waals surface area contributed by atoms with Crippen LogP contribution in [0.15, 0.2) is 0 Å². The summed E-state index contributed by atoms with van der Waals surface area (Å²) in [6, 6.07) is -0.715. The van der Waals surface area contributed by atoms with Gasteiger partial charge in [0.1, 0.15) is 5.41 Å². The fourth-order valence-electron chi connectivity index (χ4n) is 2.66. The lowest BCUT2D eigenvalue weighted by atomic mass is 9.80. The van der Waals surface area contributed by atoms with Gasteiger partial charge in [0.05, 0.1) is 0 Å². The highest BCUT2D eigenvalue weighted by atomic mass is 35.5. The van der Waals surface area contributed by atoms with E-state index in [1.165, 1.54) is 6.42 Å². The molecule has 0 aliphatic carbocycles. The molecule has 7 heteroatoms. The maximum atomic E-state index is 12.0. The number of amides is 4. The van der Waals surface area contributed by atoms with Crippen LogP contribution < -0.4 is 10.6 Å². The van der Waals surface area contributed by atoms with Crippen LogP contribution in [-0.2, 0) is 9.59 Å². The minimum atomic E-state index is -1.12. The molecular weight excluding hydrogens is 270 g/mol. The minimum Gasteiger partial charge on any atom is -0.302 e. The molecule has 0 bridgehead atoms. The summed E-state index contributed by atoms with van der Waals surface area (Å²) in [6.45, 7) is 4.03. The Bertz CT molecular complexity index is 360. The van der Waals surface area contributed by atoms with Crippen LogP contribution in [0.25, 0.3) is 0 Å². The lowest BCUT2D eigenvalue weighted by Gasteiger charge is -2.38. The van der Waals surface area contributed by atoms with Gasteiger partial charge in [0.15, 0.2) is 0 Å². The number of imide groups is 2. The van der Waals surface area contributed by atoms with Crippen molar-refractivity contribution in [2.45, 2.75) is 32.6 Å². The Morgan fingerprint density at radius 2 is 1.58 bits per heavy atom. The maximum Gasteiger partial charge on any atom is 0.328 e. The number of carbonyl (C=O) groups excluding carboxylic acids is 3. The second kappa shape index (κ2) is 6.34. The van der Waals surface area contributed by atoms with Crippen molar-refractivity contribution < 1.29 is 14.4 Å². The normalized spacial score (nSPS) is 23.3. The van der Waals surface area contributed by atoms with Crippen molar-refractivity contribution in [3.8, 4) is 0 Å². The third-order valence-electron chi connectivity index (χ3n) is 3.87. The molecule has 2 aliphatic rings. The molecule has 0 spiro atoms. The van der Waals surface area contributed by atoms with Crippen molar-refractivity contribution in [2.24, 2.45) is 5.41 Å². The third-order valence-corrected chi connectivity index (χ3v) is 3.87. The van der Waals surface area contributed by atoms with E-state index < -0.39 is 23.3 Å². The van der Waals surface area contributed by atoms with Crippen molar-refractivity contribution in [2.75, 3.05) is 19.6 Å². The largest absolute Gasteiger partial charge is 0.328 e. The van der Waals surface area contributed by atoms with Gasteiger partial charge in [-0.1, -0.05) is 13.3 Å². The molecule has 108 valence electrons. The zero-order valence-electron chi connectivity index (χ0n) is 11.0. The van der Waals surface area contributed by atoms with Gasteiger partial charge in [0, 0.05) is 6.54 Å². The van der Waals surface area contributed by atoms with E-state index in [1.807, 2.05) is 0 Å². The lowest BCUT2D eigenvalue weighted by molar-refractivity contribution is -0.146. The van der Waals surface area contributed by atoms with Crippen LogP contribution in [0, 0.1) is 5.41 Å². The molecule has 0 atom stereocenters. The summed E-state index contributed by atoms with van der Waals surface area (Å²) in [5, 5.41) is 4.41. The molecule has 2 heterocycles. The second-order valence-corrected chi connectivity index (χ2v) is 5.01. The van der Waals surface area contributed by atoms with Gasteiger partial charge in [-0.25, -0.2) is 4.79 Å². The molecular formula is C12H20ClN3O3. The predicted octanol–water partition coefficient (Wildman–Crippen LogP) is 0.656. The summed E-state index contributed by atoms with van der Waals surface area (Å²) < 4.78 is 0. The molecule has 0 aromatic heterocycles. The summed E-state index contributed by atoms with van der Waals surface area (Å²) in [6.07, 6.45) is 3.80. The summed E-state index contributed by atoms with van der Waals surface area (Å²) in [5.41, 5.74) is -1.12. The average molecular weight is 290 g/mol. The van der Waals surface area contributed by atoms with E-state index in [2.05, 4.69) is 15.5 Å². The molecule has 6 nitrogen and oxygen atoms in total. The molecule has 0 radical (unpaired) electrons. The van der Waals surface area contributed by atoms with Gasteiger partial charge < -0.3 is 4.90 Å². The number of nitrogens with zero attached hydrogens (tertiary/aromatic N) is 1. The fourth-order valence-corrected chi connectivity index (χ4v) is 2.66. The fraction of sp³-hybridized carbons (Fsp3) is 0.750. The second-order valence-electron chi connectivity index (χ2n) is 5.01. The molecule has 0 aromatic rings. The molecule has 2 N–H and O–H groups in total. The first-order valence-electron chi connectivity index (χ1n) is 6.48. The van der Waals surface area contributed by atoms with Gasteiger partial charge in [-0.05, 0) is 32.4 Å². The van der Waals surface area contributed by atoms with Crippen molar-refractivity contribution >= 4 is 30.3 Å². The molecule has 2 aliphatic heterocycles.